The van der Waals surface area contributed by atoms with Gasteiger partial charge >= 0.3 is 0 Å². The van der Waals surface area contributed by atoms with Gasteiger partial charge in [0.2, 0.25) is 5.78 Å². The van der Waals surface area contributed by atoms with Crippen molar-refractivity contribution < 1.29 is 4.79 Å². The van der Waals surface area contributed by atoms with Gasteiger partial charge in [0, 0.05) is 18.1 Å². The number of aromatic nitrogens is 4. The normalized spacial score (nSPS) is 15.4. The molecule has 0 unspecified atom stereocenters. The predicted octanol–water partition coefficient (Wildman–Crippen LogP) is 2.62. The van der Waals surface area contributed by atoms with E-state index in [9.17, 15) is 4.79 Å². The summed E-state index contributed by atoms with van der Waals surface area (Å²) in [5.74, 6) is 0.867. The lowest BCUT2D eigenvalue weighted by Gasteiger charge is -2.18. The Morgan fingerprint density at radius 2 is 2.08 bits per heavy atom. The van der Waals surface area contributed by atoms with Crippen LogP contribution in [0.2, 0.25) is 0 Å². The van der Waals surface area contributed by atoms with Crippen molar-refractivity contribution in [2.75, 3.05) is 0 Å². The van der Waals surface area contributed by atoms with E-state index in [0.29, 0.717) is 23.1 Å². The molecule has 3 heterocycles. The van der Waals surface area contributed by atoms with Crippen LogP contribution >= 0.6 is 0 Å². The van der Waals surface area contributed by atoms with Gasteiger partial charge in [-0.3, -0.25) is 14.2 Å². The summed E-state index contributed by atoms with van der Waals surface area (Å²) < 4.78 is 1.73. The van der Waals surface area contributed by atoms with E-state index in [4.69, 9.17) is 0 Å². The number of hydrogen-bond acceptors (Lipinski definition) is 4. The summed E-state index contributed by atoms with van der Waals surface area (Å²) in [5.41, 5.74) is 3.10. The molecule has 1 fully saturated rings. The van der Waals surface area contributed by atoms with Crippen molar-refractivity contribution in [1.29, 1.82) is 0 Å². The second-order valence-electron chi connectivity index (χ2n) is 6.33. The fourth-order valence-corrected chi connectivity index (χ4v) is 3.08. The van der Waals surface area contributed by atoms with Crippen LogP contribution in [-0.2, 0) is 0 Å². The maximum atomic E-state index is 12.9. The number of imidazole rings is 1. The highest BCUT2D eigenvalue weighted by molar-refractivity contribution is 5.94. The monoisotopic (exact) mass is 321 g/mol. The summed E-state index contributed by atoms with van der Waals surface area (Å²) in [4.78, 5) is 26.1. The van der Waals surface area contributed by atoms with Crippen LogP contribution in [0.4, 0.5) is 0 Å². The third-order valence-electron chi connectivity index (χ3n) is 4.40. The second kappa shape index (κ2) is 5.70. The Kier molecular flexibility index (Phi) is 3.52. The van der Waals surface area contributed by atoms with E-state index >= 15 is 0 Å². The molecule has 122 valence electrons. The van der Waals surface area contributed by atoms with E-state index in [-0.39, 0.29) is 11.9 Å². The standard InChI is InChI=1S/C18H19N5O/c1-11-5-3-6-14(20-11)15(13-7-8-13)22-17(24)16-12(2)21-18-19-9-4-10-23(16)18/h3-6,9-10,13,15H,7-8H2,1-2H3,(H,22,24)/t15-/m1/s1. The van der Waals surface area contributed by atoms with Crippen LogP contribution in [0.3, 0.4) is 0 Å². The minimum Gasteiger partial charge on any atom is -0.342 e. The molecule has 0 aromatic carbocycles. The zero-order valence-corrected chi connectivity index (χ0v) is 13.7. The first-order valence-electron chi connectivity index (χ1n) is 8.17. The smallest absolute Gasteiger partial charge is 0.270 e. The molecule has 1 N–H and O–H groups in total. The average molecular weight is 321 g/mol. The predicted molar refractivity (Wildman–Crippen MR) is 89.6 cm³/mol. The molecule has 0 aliphatic heterocycles. The Morgan fingerprint density at radius 3 is 2.83 bits per heavy atom. The fourth-order valence-electron chi connectivity index (χ4n) is 3.08. The van der Waals surface area contributed by atoms with E-state index < -0.39 is 0 Å². The van der Waals surface area contributed by atoms with Gasteiger partial charge in [-0.25, -0.2) is 9.97 Å². The number of nitrogens with one attached hydrogen (secondary N) is 1. The molecule has 3 aromatic heterocycles. The third kappa shape index (κ3) is 2.64. The highest BCUT2D eigenvalue weighted by Gasteiger charge is 2.35. The Bertz CT molecular complexity index is 913. The van der Waals surface area contributed by atoms with Gasteiger partial charge in [-0.1, -0.05) is 6.07 Å². The molecule has 1 atom stereocenters. The molecule has 0 bridgehead atoms. The van der Waals surface area contributed by atoms with Crippen LogP contribution < -0.4 is 5.32 Å². The molecule has 0 spiro atoms. The third-order valence-corrected chi connectivity index (χ3v) is 4.40. The molecule has 1 saturated carbocycles. The molecule has 1 amide bonds. The lowest BCUT2D eigenvalue weighted by Crippen LogP contribution is -2.31. The summed E-state index contributed by atoms with van der Waals surface area (Å²) >= 11 is 0. The molecule has 6 nitrogen and oxygen atoms in total. The van der Waals surface area contributed by atoms with Gasteiger partial charge in [0.1, 0.15) is 5.69 Å². The number of carbonyl (C=O) groups excluding carboxylic acids is 1. The summed E-state index contributed by atoms with van der Waals surface area (Å²) in [6.45, 7) is 3.80. The highest BCUT2D eigenvalue weighted by atomic mass is 16.2. The molecule has 1 aliphatic carbocycles. The number of aryl methyl sites for hydroxylation is 2. The van der Waals surface area contributed by atoms with Crippen LogP contribution in [0, 0.1) is 19.8 Å². The first-order chi connectivity index (χ1) is 11.6. The van der Waals surface area contributed by atoms with Crippen molar-refractivity contribution in [2.45, 2.75) is 32.7 Å². The van der Waals surface area contributed by atoms with Gasteiger partial charge in [-0.15, -0.1) is 0 Å². The number of pyridine rings is 1. The van der Waals surface area contributed by atoms with E-state index in [1.807, 2.05) is 38.2 Å². The molecule has 24 heavy (non-hydrogen) atoms. The zero-order chi connectivity index (χ0) is 16.7. The maximum Gasteiger partial charge on any atom is 0.270 e. The number of hydrogen-bond donors (Lipinski definition) is 1. The molecule has 6 heteroatoms. The summed E-state index contributed by atoms with van der Waals surface area (Å²) in [7, 11) is 0. The van der Waals surface area contributed by atoms with Crippen molar-refractivity contribution in [3.63, 3.8) is 0 Å². The van der Waals surface area contributed by atoms with Crippen molar-refractivity contribution in [1.82, 2.24) is 24.7 Å². The summed E-state index contributed by atoms with van der Waals surface area (Å²) in [6, 6.07) is 7.68. The number of amides is 1. The molecule has 0 saturated heterocycles. The lowest BCUT2D eigenvalue weighted by molar-refractivity contribution is 0.0924. The largest absolute Gasteiger partial charge is 0.342 e. The van der Waals surface area contributed by atoms with E-state index in [0.717, 1.165) is 24.2 Å². The van der Waals surface area contributed by atoms with Crippen molar-refractivity contribution in [2.24, 2.45) is 5.92 Å². The summed E-state index contributed by atoms with van der Waals surface area (Å²) in [5, 5.41) is 3.17. The Hall–Kier alpha value is -2.76. The van der Waals surface area contributed by atoms with Gasteiger partial charge in [0.25, 0.3) is 5.91 Å². The number of nitrogens with zero attached hydrogens (tertiary/aromatic N) is 4. The molecular formula is C18H19N5O. The highest BCUT2D eigenvalue weighted by Crippen LogP contribution is 2.40. The number of carbonyl (C=O) groups is 1. The summed E-state index contributed by atoms with van der Waals surface area (Å²) in [6.07, 6.45) is 5.73. The van der Waals surface area contributed by atoms with Gasteiger partial charge in [0.05, 0.1) is 17.4 Å². The van der Waals surface area contributed by atoms with Crippen LogP contribution in [0.25, 0.3) is 5.78 Å². The minimum atomic E-state index is -0.131. The molecule has 0 radical (unpaired) electrons. The van der Waals surface area contributed by atoms with Gasteiger partial charge in [-0.05, 0) is 50.8 Å². The van der Waals surface area contributed by atoms with E-state index in [1.165, 1.54) is 0 Å². The first-order valence-corrected chi connectivity index (χ1v) is 8.17. The number of rotatable bonds is 4. The maximum absolute atomic E-state index is 12.9. The first kappa shape index (κ1) is 14.8. The minimum absolute atomic E-state index is 0.0565. The number of fused-ring (bicyclic) bond motifs is 1. The topological polar surface area (TPSA) is 72.2 Å². The molecular weight excluding hydrogens is 302 g/mol. The van der Waals surface area contributed by atoms with Crippen molar-refractivity contribution >= 4 is 11.7 Å². The van der Waals surface area contributed by atoms with Crippen LogP contribution in [0.5, 0.6) is 0 Å². The van der Waals surface area contributed by atoms with Gasteiger partial charge in [-0.2, -0.15) is 0 Å². The molecule has 3 aromatic rings. The van der Waals surface area contributed by atoms with Crippen molar-refractivity contribution in [3.05, 3.63) is 59.4 Å². The van der Waals surface area contributed by atoms with E-state index in [1.54, 1.807) is 16.7 Å². The van der Waals surface area contributed by atoms with E-state index in [2.05, 4.69) is 20.3 Å². The van der Waals surface area contributed by atoms with Crippen LogP contribution in [-0.4, -0.2) is 25.3 Å². The zero-order valence-electron chi connectivity index (χ0n) is 13.7. The quantitative estimate of drug-likeness (QED) is 0.802. The fraction of sp³-hybridized carbons (Fsp3) is 0.333. The van der Waals surface area contributed by atoms with Gasteiger partial charge in [0.15, 0.2) is 0 Å². The van der Waals surface area contributed by atoms with Gasteiger partial charge < -0.3 is 5.32 Å². The second-order valence-corrected chi connectivity index (χ2v) is 6.33. The average Bonchev–Trinajstić information content (AvgIpc) is 3.34. The molecule has 1 aliphatic rings. The van der Waals surface area contributed by atoms with Crippen molar-refractivity contribution in [3.8, 4) is 0 Å². The Labute approximate surface area is 140 Å². The lowest BCUT2D eigenvalue weighted by atomic mass is 10.1. The Balaban J connectivity index is 1.67. The molecule has 4 rings (SSSR count). The van der Waals surface area contributed by atoms with Crippen LogP contribution in [0.15, 0.2) is 36.7 Å². The van der Waals surface area contributed by atoms with Crippen LogP contribution in [0.1, 0.15) is 46.5 Å². The SMILES string of the molecule is Cc1cccc([C@H](NC(=O)c2c(C)nc3ncccn23)C2CC2)n1. The Morgan fingerprint density at radius 1 is 1.25 bits per heavy atom.